The Labute approximate surface area is 143 Å². The van der Waals surface area contributed by atoms with E-state index >= 15 is 0 Å². The molecule has 0 atom stereocenters. The molecule has 0 bridgehead atoms. The van der Waals surface area contributed by atoms with Gasteiger partial charge in [0.15, 0.2) is 0 Å². The molecule has 0 saturated heterocycles. The van der Waals surface area contributed by atoms with Gasteiger partial charge < -0.3 is 9.47 Å². The maximum Gasteiger partial charge on any atom is 0.119 e. The molecular weight excluding hydrogens is 304 g/mol. The van der Waals surface area contributed by atoms with E-state index in [1.807, 2.05) is 18.2 Å². The fraction of sp³-hybridized carbons (Fsp3) is 0.300. The molecule has 3 heteroatoms. The lowest BCUT2D eigenvalue weighted by atomic mass is 9.98. The van der Waals surface area contributed by atoms with E-state index in [1.165, 1.54) is 21.6 Å². The maximum atomic E-state index is 5.41. The van der Waals surface area contributed by atoms with E-state index in [1.54, 1.807) is 26.0 Å². The minimum Gasteiger partial charge on any atom is -0.497 e. The molecule has 0 amide bonds. The summed E-state index contributed by atoms with van der Waals surface area (Å²) in [4.78, 5) is 1.28. The molecule has 0 fully saturated rings. The third-order valence-electron chi connectivity index (χ3n) is 3.73. The van der Waals surface area contributed by atoms with Crippen LogP contribution in [0.25, 0.3) is 11.6 Å². The van der Waals surface area contributed by atoms with Crippen LogP contribution in [0.4, 0.5) is 0 Å². The smallest absolute Gasteiger partial charge is 0.119 e. The lowest BCUT2D eigenvalue weighted by Crippen LogP contribution is -1.92. The van der Waals surface area contributed by atoms with Crippen LogP contribution in [-0.2, 0) is 0 Å². The highest BCUT2D eigenvalue weighted by Crippen LogP contribution is 2.34. The van der Waals surface area contributed by atoms with E-state index < -0.39 is 0 Å². The average Bonchev–Trinajstić information content (AvgIpc) is 2.61. The van der Waals surface area contributed by atoms with Crippen LogP contribution < -0.4 is 9.47 Å². The summed E-state index contributed by atoms with van der Waals surface area (Å²) >= 11 is 1.77. The minimum atomic E-state index is 0.880. The Hall–Kier alpha value is -1.87. The van der Waals surface area contributed by atoms with Gasteiger partial charge in [-0.1, -0.05) is 31.6 Å². The van der Waals surface area contributed by atoms with E-state index in [9.17, 15) is 0 Å². The second-order valence-electron chi connectivity index (χ2n) is 5.26. The number of methoxy groups -OCH3 is 2. The van der Waals surface area contributed by atoms with Crippen LogP contribution in [-0.4, -0.2) is 20.5 Å². The Balaban J connectivity index is 2.45. The van der Waals surface area contributed by atoms with Crippen LogP contribution in [0.2, 0.25) is 0 Å². The van der Waals surface area contributed by atoms with E-state index in [4.69, 9.17) is 9.47 Å². The fourth-order valence-corrected chi connectivity index (χ4v) is 3.13. The molecule has 0 spiro atoms. The van der Waals surface area contributed by atoms with E-state index in [0.717, 1.165) is 24.3 Å². The maximum absolute atomic E-state index is 5.41. The normalized spacial score (nSPS) is 11.4. The number of allylic oxidation sites excluding steroid dienone is 1. The average molecular weight is 328 g/mol. The zero-order valence-electron chi connectivity index (χ0n) is 14.3. The number of hydrogen-bond donors (Lipinski definition) is 0. The van der Waals surface area contributed by atoms with Gasteiger partial charge in [0, 0.05) is 4.90 Å². The molecule has 2 rings (SSSR count). The van der Waals surface area contributed by atoms with Crippen molar-refractivity contribution in [1.82, 2.24) is 0 Å². The summed E-state index contributed by atoms with van der Waals surface area (Å²) in [5.41, 5.74) is 3.78. The van der Waals surface area contributed by atoms with Gasteiger partial charge in [-0.3, -0.25) is 0 Å². The topological polar surface area (TPSA) is 18.5 Å². The zero-order chi connectivity index (χ0) is 16.7. The molecule has 0 saturated carbocycles. The van der Waals surface area contributed by atoms with Crippen LogP contribution in [0.1, 0.15) is 30.9 Å². The van der Waals surface area contributed by atoms with Gasteiger partial charge in [-0.2, -0.15) is 0 Å². The largest absolute Gasteiger partial charge is 0.497 e. The van der Waals surface area contributed by atoms with Crippen molar-refractivity contribution in [3.8, 4) is 11.5 Å². The molecule has 0 aliphatic carbocycles. The first-order valence-electron chi connectivity index (χ1n) is 7.78. The Morgan fingerprint density at radius 1 is 1.00 bits per heavy atom. The summed E-state index contributed by atoms with van der Waals surface area (Å²) in [6, 6.07) is 14.5. The first-order chi connectivity index (χ1) is 11.2. The van der Waals surface area contributed by atoms with Crippen molar-refractivity contribution in [2.75, 3.05) is 20.5 Å². The summed E-state index contributed by atoms with van der Waals surface area (Å²) in [6.45, 7) is 2.21. The quantitative estimate of drug-likeness (QED) is 0.475. The fourth-order valence-electron chi connectivity index (χ4n) is 2.52. The summed E-state index contributed by atoms with van der Waals surface area (Å²) in [5.74, 6) is 1.78. The molecule has 0 heterocycles. The molecule has 0 radical (unpaired) electrons. The monoisotopic (exact) mass is 328 g/mol. The van der Waals surface area contributed by atoms with Crippen LogP contribution >= 0.6 is 11.8 Å². The van der Waals surface area contributed by atoms with Crippen LogP contribution in [0.3, 0.4) is 0 Å². The molecule has 0 aliphatic rings. The molecule has 23 heavy (non-hydrogen) atoms. The molecule has 0 N–H and O–H groups in total. The molecule has 2 nitrogen and oxygen atoms in total. The number of ether oxygens (including phenoxy) is 2. The van der Waals surface area contributed by atoms with Crippen LogP contribution in [0.5, 0.6) is 11.5 Å². The van der Waals surface area contributed by atoms with Gasteiger partial charge in [-0.05, 0) is 59.7 Å². The van der Waals surface area contributed by atoms with Crippen LogP contribution in [0.15, 0.2) is 47.4 Å². The van der Waals surface area contributed by atoms with Gasteiger partial charge in [-0.15, -0.1) is 11.8 Å². The molecule has 0 unspecified atom stereocenters. The molecule has 0 aliphatic heterocycles. The zero-order valence-corrected chi connectivity index (χ0v) is 15.1. The van der Waals surface area contributed by atoms with Crippen molar-refractivity contribution in [3.63, 3.8) is 0 Å². The standard InChI is InChI=1S/C20H24O2S/c1-5-6-16(13-15-7-9-17(21-2)10-8-15)19-14-18(22-3)11-12-20(19)23-4/h7-14H,5-6H2,1-4H3/b16-13+. The van der Waals surface area contributed by atoms with E-state index in [0.29, 0.717) is 0 Å². The third-order valence-corrected chi connectivity index (χ3v) is 4.52. The lowest BCUT2D eigenvalue weighted by molar-refractivity contribution is 0.414. The van der Waals surface area contributed by atoms with Gasteiger partial charge in [0.05, 0.1) is 14.2 Å². The lowest BCUT2D eigenvalue weighted by Gasteiger charge is -2.13. The predicted molar refractivity (Wildman–Crippen MR) is 101 cm³/mol. The van der Waals surface area contributed by atoms with Crippen molar-refractivity contribution in [2.24, 2.45) is 0 Å². The summed E-state index contributed by atoms with van der Waals surface area (Å²) in [5, 5.41) is 0. The molecule has 2 aromatic carbocycles. The Morgan fingerprint density at radius 3 is 2.22 bits per heavy atom. The molecule has 0 aromatic heterocycles. The molecule has 2 aromatic rings. The Morgan fingerprint density at radius 2 is 1.65 bits per heavy atom. The first kappa shape index (κ1) is 17.5. The Bertz CT molecular complexity index is 660. The van der Waals surface area contributed by atoms with Gasteiger partial charge in [0.25, 0.3) is 0 Å². The predicted octanol–water partition coefficient (Wildman–Crippen LogP) is 5.77. The second-order valence-corrected chi connectivity index (χ2v) is 6.11. The van der Waals surface area contributed by atoms with Gasteiger partial charge in [0.2, 0.25) is 0 Å². The second kappa shape index (κ2) is 8.68. The Kier molecular flexibility index (Phi) is 6.60. The molecule has 122 valence electrons. The summed E-state index contributed by atoms with van der Waals surface area (Å²) in [7, 11) is 3.40. The van der Waals surface area contributed by atoms with Crippen molar-refractivity contribution < 1.29 is 9.47 Å². The van der Waals surface area contributed by atoms with Gasteiger partial charge in [0.1, 0.15) is 11.5 Å². The number of benzene rings is 2. The minimum absolute atomic E-state index is 0.880. The first-order valence-corrected chi connectivity index (χ1v) is 9.01. The number of thioether (sulfide) groups is 1. The third kappa shape index (κ3) is 4.55. The van der Waals surface area contributed by atoms with Crippen molar-refractivity contribution in [1.29, 1.82) is 0 Å². The van der Waals surface area contributed by atoms with Crippen molar-refractivity contribution >= 4 is 23.4 Å². The number of hydrogen-bond acceptors (Lipinski definition) is 3. The van der Waals surface area contributed by atoms with E-state index in [2.05, 4.69) is 43.5 Å². The highest BCUT2D eigenvalue weighted by molar-refractivity contribution is 7.98. The molecular formula is C20H24O2S. The summed E-state index contributed by atoms with van der Waals surface area (Å²) in [6.07, 6.45) is 6.51. The number of rotatable bonds is 7. The van der Waals surface area contributed by atoms with Crippen molar-refractivity contribution in [2.45, 2.75) is 24.7 Å². The highest BCUT2D eigenvalue weighted by Gasteiger charge is 2.09. The SMILES string of the molecule is CCC/C(=C\c1ccc(OC)cc1)c1cc(OC)ccc1SC. The van der Waals surface area contributed by atoms with Gasteiger partial charge >= 0.3 is 0 Å². The van der Waals surface area contributed by atoms with Crippen molar-refractivity contribution in [3.05, 3.63) is 53.6 Å². The van der Waals surface area contributed by atoms with Gasteiger partial charge in [-0.25, -0.2) is 0 Å². The summed E-state index contributed by atoms with van der Waals surface area (Å²) < 4.78 is 10.6. The van der Waals surface area contributed by atoms with Crippen LogP contribution in [0, 0.1) is 0 Å². The van der Waals surface area contributed by atoms with E-state index in [-0.39, 0.29) is 0 Å². The highest BCUT2D eigenvalue weighted by atomic mass is 32.2.